The Hall–Kier alpha value is -0.978. The van der Waals surface area contributed by atoms with Crippen LogP contribution in [0, 0.1) is 45.1 Å². The summed E-state index contributed by atoms with van der Waals surface area (Å²) in [5.74, 6) is 0.906. The third-order valence-electron chi connectivity index (χ3n) is 3.08. The Morgan fingerprint density at radius 1 is 0.957 bits per heavy atom. The Balaban J connectivity index is -0.000000156. The fourth-order valence-electron chi connectivity index (χ4n) is 2.30. The fraction of sp³-hybridized carbons (Fsp3) is 0.600. The van der Waals surface area contributed by atoms with Crippen LogP contribution in [0.3, 0.4) is 0 Å². The van der Waals surface area contributed by atoms with Gasteiger partial charge in [0.15, 0.2) is 0 Å². The summed E-state index contributed by atoms with van der Waals surface area (Å²) in [6.07, 6.45) is 3.25. The van der Waals surface area contributed by atoms with Gasteiger partial charge in [-0.05, 0) is 0 Å². The molecule has 0 aromatic heterocycles. The van der Waals surface area contributed by atoms with Crippen LogP contribution >= 0.6 is 0 Å². The Bertz CT molecular complexity index is 375. The molecular formula is C15H16CrO7. The minimum atomic E-state index is -0.285. The Kier molecular flexibility index (Phi) is 27.4. The van der Waals surface area contributed by atoms with E-state index in [4.69, 9.17) is 32.7 Å². The number of hydrogen-bond donors (Lipinski definition) is 0. The summed E-state index contributed by atoms with van der Waals surface area (Å²) in [6, 6.07) is 0. The van der Waals surface area contributed by atoms with Gasteiger partial charge in [-0.1, -0.05) is 0 Å². The van der Waals surface area contributed by atoms with Crippen molar-refractivity contribution in [2.24, 2.45) is 11.8 Å². The van der Waals surface area contributed by atoms with E-state index in [0.29, 0.717) is 11.8 Å². The van der Waals surface area contributed by atoms with Gasteiger partial charge in [0.2, 0.25) is 0 Å². The molecular weight excluding hydrogens is 344 g/mol. The van der Waals surface area contributed by atoms with E-state index in [9.17, 15) is 0 Å². The quantitative estimate of drug-likeness (QED) is 0.482. The van der Waals surface area contributed by atoms with E-state index in [1.165, 1.54) is 6.42 Å². The predicted octanol–water partition coefficient (Wildman–Crippen LogP) is 1.67. The molecule has 0 bridgehead atoms. The molecule has 2 saturated heterocycles. The Labute approximate surface area is 144 Å². The van der Waals surface area contributed by atoms with Gasteiger partial charge in [-0.15, -0.1) is 0 Å². The molecule has 0 saturated carbocycles. The van der Waals surface area contributed by atoms with Crippen LogP contribution in [0.25, 0.3) is 0 Å². The van der Waals surface area contributed by atoms with Gasteiger partial charge in [-0.2, -0.15) is 0 Å². The Morgan fingerprint density at radius 2 is 1.39 bits per heavy atom. The van der Waals surface area contributed by atoms with Crippen molar-refractivity contribution in [3.63, 3.8) is 0 Å². The molecule has 2 aliphatic heterocycles. The van der Waals surface area contributed by atoms with Gasteiger partial charge in [0, 0.05) is 0 Å². The Morgan fingerprint density at radius 3 is 1.70 bits per heavy atom. The first-order chi connectivity index (χ1) is 11.1. The zero-order valence-corrected chi connectivity index (χ0v) is 14.0. The first-order valence-corrected chi connectivity index (χ1v) is 6.64. The predicted molar refractivity (Wildman–Crippen MR) is 66.6 cm³/mol. The summed E-state index contributed by atoms with van der Waals surface area (Å²) < 4.78 is 50.2. The molecule has 7 nitrogen and oxygen atoms in total. The SMILES string of the molecule is C[C@@H]1CO[C@@]2(CC[C](=[Cr])O2)[C@H](C)C1.[C-]#[O+].[C-]#[O+].[C-]#[O+].[C-]#[O+].[C-]#[O+]. The fourth-order valence-corrected chi connectivity index (χ4v) is 2.68. The maximum absolute atomic E-state index is 7.50. The number of hydrogen-bond acceptors (Lipinski definition) is 2. The monoisotopic (exact) mass is 360 g/mol. The summed E-state index contributed by atoms with van der Waals surface area (Å²) in [7, 11) is 0. The van der Waals surface area contributed by atoms with Gasteiger partial charge in [0.25, 0.3) is 0 Å². The van der Waals surface area contributed by atoms with Crippen molar-refractivity contribution in [3.8, 4) is 0 Å². The average molecular weight is 360 g/mol. The summed E-state index contributed by atoms with van der Waals surface area (Å²) in [6.45, 7) is 27.8. The van der Waals surface area contributed by atoms with Gasteiger partial charge >= 0.3 is 144 Å². The first kappa shape index (κ1) is 30.0. The van der Waals surface area contributed by atoms with Gasteiger partial charge in [-0.25, -0.2) is 0 Å². The van der Waals surface area contributed by atoms with Crippen molar-refractivity contribution in [1.29, 1.82) is 0 Å². The molecule has 0 radical (unpaired) electrons. The number of ether oxygens (including phenoxy) is 2. The maximum atomic E-state index is 7.50. The molecule has 0 aliphatic carbocycles. The second-order valence-electron chi connectivity index (χ2n) is 4.34. The van der Waals surface area contributed by atoms with Crippen LogP contribution in [0.4, 0.5) is 0 Å². The summed E-state index contributed by atoms with van der Waals surface area (Å²) in [5, 5.41) is 0. The summed E-state index contributed by atoms with van der Waals surface area (Å²) in [5.41, 5.74) is 0. The zero-order chi connectivity index (χ0) is 19.5. The van der Waals surface area contributed by atoms with E-state index in [1.54, 1.807) is 0 Å². The van der Waals surface area contributed by atoms with Crippen molar-refractivity contribution in [2.75, 3.05) is 6.61 Å². The normalized spacial score (nSPS) is 26.3. The van der Waals surface area contributed by atoms with E-state index >= 15 is 0 Å². The van der Waals surface area contributed by atoms with Crippen LogP contribution in [-0.2, 0) is 48.6 Å². The van der Waals surface area contributed by atoms with Crippen LogP contribution in [-0.4, -0.2) is 17.0 Å². The molecule has 0 aromatic carbocycles. The van der Waals surface area contributed by atoms with Gasteiger partial charge in [0.05, 0.1) is 0 Å². The van der Waals surface area contributed by atoms with Crippen molar-refractivity contribution in [1.82, 2.24) is 0 Å². The molecule has 2 heterocycles. The van der Waals surface area contributed by atoms with Crippen LogP contribution in [0.1, 0.15) is 33.1 Å². The van der Waals surface area contributed by atoms with Crippen LogP contribution < -0.4 is 0 Å². The standard InChI is InChI=1S/C10H16O2.5CO.Cr/c1-8-6-9(2)10(12-7-8)4-3-5-11-10;5*1-2;/h8-9H,3-4,6-7H2,1-2H3;;;;;;/t8-,9+,10-;;;;;;/m0....../s1. The minimum absolute atomic E-state index is 0.285. The molecule has 0 amide bonds. The van der Waals surface area contributed by atoms with E-state index in [1.807, 2.05) is 0 Å². The third kappa shape index (κ3) is 11.2. The molecule has 8 heteroatoms. The van der Waals surface area contributed by atoms with Crippen LogP contribution in [0.2, 0.25) is 0 Å². The molecule has 3 atom stereocenters. The molecule has 0 N–H and O–H groups in total. The molecule has 124 valence electrons. The molecule has 2 aliphatic rings. The van der Waals surface area contributed by atoms with E-state index in [2.05, 4.69) is 63.0 Å². The third-order valence-corrected chi connectivity index (χ3v) is 3.53. The van der Waals surface area contributed by atoms with E-state index < -0.39 is 0 Å². The topological polar surface area (TPSA) is 118 Å². The zero-order valence-electron chi connectivity index (χ0n) is 12.7. The summed E-state index contributed by atoms with van der Waals surface area (Å²) >= 11 is 2.96. The van der Waals surface area contributed by atoms with Crippen molar-refractivity contribution in [2.45, 2.75) is 38.9 Å². The second-order valence-corrected chi connectivity index (χ2v) is 5.05. The molecule has 2 fully saturated rings. The molecule has 0 aromatic rings. The van der Waals surface area contributed by atoms with Crippen molar-refractivity contribution >= 4 is 4.57 Å². The van der Waals surface area contributed by atoms with Gasteiger partial charge in [-0.3, -0.25) is 0 Å². The molecule has 1 spiro atoms. The average Bonchev–Trinajstić information content (AvgIpc) is 3.03. The van der Waals surface area contributed by atoms with Crippen LogP contribution in [0.5, 0.6) is 0 Å². The van der Waals surface area contributed by atoms with Crippen molar-refractivity contribution in [3.05, 3.63) is 33.3 Å². The van der Waals surface area contributed by atoms with Gasteiger partial charge < -0.3 is 0 Å². The second kappa shape index (κ2) is 21.0. The van der Waals surface area contributed by atoms with Crippen LogP contribution in [0.15, 0.2) is 0 Å². The van der Waals surface area contributed by atoms with Crippen molar-refractivity contribution < 1.29 is 48.6 Å². The van der Waals surface area contributed by atoms with E-state index in [-0.39, 0.29) is 5.79 Å². The van der Waals surface area contributed by atoms with E-state index in [0.717, 1.165) is 24.0 Å². The first-order valence-electron chi connectivity index (χ1n) is 6.00. The molecule has 2 rings (SSSR count). The molecule has 23 heavy (non-hydrogen) atoms. The summed E-state index contributed by atoms with van der Waals surface area (Å²) in [4.78, 5) is 0. The van der Waals surface area contributed by atoms with Gasteiger partial charge in [0.1, 0.15) is 0 Å². The number of rotatable bonds is 0. The molecule has 0 unspecified atom stereocenters.